The molecule has 1 N–H and O–H groups in total. The van der Waals surface area contributed by atoms with E-state index in [1.165, 1.54) is 12.1 Å². The Morgan fingerprint density at radius 2 is 1.65 bits per heavy atom. The Labute approximate surface area is 151 Å². The predicted molar refractivity (Wildman–Crippen MR) is 90.5 cm³/mol. The van der Waals surface area contributed by atoms with Crippen LogP contribution in [0.15, 0.2) is 36.5 Å². The van der Waals surface area contributed by atoms with Gasteiger partial charge in [0, 0.05) is 17.8 Å². The molecule has 3 rings (SSSR count). The third-order valence-electron chi connectivity index (χ3n) is 4.22. The number of halogens is 4. The summed E-state index contributed by atoms with van der Waals surface area (Å²) in [6, 6.07) is 7.18. The molecule has 1 aromatic heterocycles. The quantitative estimate of drug-likeness (QED) is 0.598. The molecular formula is C16H15ClF3N4O2+. The molecule has 2 heterocycles. The highest BCUT2D eigenvalue weighted by Crippen LogP contribution is 2.32. The number of hydrogen-bond donors (Lipinski definition) is 0. The molecule has 10 heteroatoms. The SMILES string of the molecule is O=[N+]([O-])c1ccc(N2CCN(c3[nH+]cc(C(F)(F)F)cc3Cl)CC2)cc1. The fourth-order valence-electron chi connectivity index (χ4n) is 2.84. The number of hydrogen-bond acceptors (Lipinski definition) is 4. The van der Waals surface area contributed by atoms with Crippen LogP contribution in [-0.2, 0) is 6.18 Å². The number of piperazine rings is 1. The Morgan fingerprint density at radius 3 is 2.15 bits per heavy atom. The molecule has 0 saturated carbocycles. The monoisotopic (exact) mass is 387 g/mol. The standard InChI is InChI=1S/C16H14ClF3N4O2/c17-14-9-11(16(18,19)20)10-21-15(14)23-7-5-22(6-8-23)12-1-3-13(4-2-12)24(25)26/h1-4,9-10H,5-8H2/p+1. The number of H-pyrrole nitrogens is 1. The summed E-state index contributed by atoms with van der Waals surface area (Å²) in [5, 5.41) is 10.7. The molecular weight excluding hydrogens is 373 g/mol. The number of aromatic amines is 1. The summed E-state index contributed by atoms with van der Waals surface area (Å²) in [6.07, 6.45) is -3.54. The lowest BCUT2D eigenvalue weighted by Crippen LogP contribution is -2.48. The van der Waals surface area contributed by atoms with Gasteiger partial charge in [-0.15, -0.1) is 0 Å². The van der Waals surface area contributed by atoms with Gasteiger partial charge in [0.05, 0.1) is 23.6 Å². The first-order valence-electron chi connectivity index (χ1n) is 7.78. The minimum atomic E-state index is -4.45. The van der Waals surface area contributed by atoms with Crippen molar-refractivity contribution < 1.29 is 23.1 Å². The van der Waals surface area contributed by atoms with E-state index < -0.39 is 16.7 Å². The second-order valence-corrected chi connectivity index (χ2v) is 6.24. The minimum Gasteiger partial charge on any atom is -0.364 e. The van der Waals surface area contributed by atoms with Gasteiger partial charge in [-0.3, -0.25) is 15.0 Å². The molecule has 2 aromatic rings. The first kappa shape index (κ1) is 18.2. The molecule has 0 spiro atoms. The zero-order valence-electron chi connectivity index (χ0n) is 13.5. The van der Waals surface area contributed by atoms with E-state index in [4.69, 9.17) is 11.6 Å². The summed E-state index contributed by atoms with van der Waals surface area (Å²) < 4.78 is 38.2. The lowest BCUT2D eigenvalue weighted by atomic mass is 10.2. The summed E-state index contributed by atoms with van der Waals surface area (Å²) in [4.78, 5) is 16.8. The van der Waals surface area contributed by atoms with E-state index in [0.717, 1.165) is 18.0 Å². The number of rotatable bonds is 3. The molecule has 6 nitrogen and oxygen atoms in total. The molecule has 0 aliphatic carbocycles. The molecule has 1 aromatic carbocycles. The number of nitrogens with one attached hydrogen (secondary N) is 1. The van der Waals surface area contributed by atoms with Crippen molar-refractivity contribution in [2.45, 2.75) is 6.18 Å². The number of anilines is 2. The van der Waals surface area contributed by atoms with Crippen LogP contribution >= 0.6 is 11.6 Å². The lowest BCUT2D eigenvalue weighted by Gasteiger charge is -2.32. The number of benzene rings is 1. The van der Waals surface area contributed by atoms with Gasteiger partial charge in [0.25, 0.3) is 11.5 Å². The van der Waals surface area contributed by atoms with Gasteiger partial charge in [0.2, 0.25) is 0 Å². The van der Waals surface area contributed by atoms with Gasteiger partial charge in [-0.25, -0.2) is 4.98 Å². The van der Waals surface area contributed by atoms with Crippen LogP contribution < -0.4 is 14.8 Å². The van der Waals surface area contributed by atoms with Crippen LogP contribution in [0.25, 0.3) is 0 Å². The Morgan fingerprint density at radius 1 is 1.08 bits per heavy atom. The second kappa shape index (κ2) is 6.99. The zero-order chi connectivity index (χ0) is 18.9. The lowest BCUT2D eigenvalue weighted by molar-refractivity contribution is -0.384. The maximum atomic E-state index is 12.7. The zero-order valence-corrected chi connectivity index (χ0v) is 14.2. The number of alkyl halides is 3. The van der Waals surface area contributed by atoms with Crippen LogP contribution in [0, 0.1) is 10.1 Å². The highest BCUT2D eigenvalue weighted by Gasteiger charge is 2.34. The van der Waals surface area contributed by atoms with Gasteiger partial charge in [0.1, 0.15) is 24.3 Å². The Balaban J connectivity index is 1.67. The van der Waals surface area contributed by atoms with Gasteiger partial charge in [-0.1, -0.05) is 11.6 Å². The third-order valence-corrected chi connectivity index (χ3v) is 4.51. The number of pyridine rings is 1. The smallest absolute Gasteiger partial charge is 0.364 e. The van der Waals surface area contributed by atoms with Gasteiger partial charge < -0.3 is 4.90 Å². The van der Waals surface area contributed by atoms with Crippen LogP contribution in [0.2, 0.25) is 5.02 Å². The van der Waals surface area contributed by atoms with Crippen molar-refractivity contribution in [1.29, 1.82) is 0 Å². The largest absolute Gasteiger partial charge is 0.419 e. The Hall–Kier alpha value is -2.55. The van der Waals surface area contributed by atoms with Gasteiger partial charge >= 0.3 is 6.18 Å². The van der Waals surface area contributed by atoms with Crippen LogP contribution in [0.4, 0.5) is 30.4 Å². The number of nitrogens with zero attached hydrogens (tertiary/aromatic N) is 3. The fourth-order valence-corrected chi connectivity index (χ4v) is 3.13. The van der Waals surface area contributed by atoms with Crippen LogP contribution in [0.5, 0.6) is 0 Å². The first-order chi connectivity index (χ1) is 12.3. The molecule has 1 saturated heterocycles. The van der Waals surface area contributed by atoms with Crippen molar-refractivity contribution >= 4 is 28.8 Å². The van der Waals surface area contributed by atoms with E-state index in [-0.39, 0.29) is 10.7 Å². The van der Waals surface area contributed by atoms with Gasteiger partial charge in [0.15, 0.2) is 0 Å². The number of nitro groups is 1. The molecule has 1 aliphatic heterocycles. The summed E-state index contributed by atoms with van der Waals surface area (Å²) in [5.41, 5.74) is 0.0621. The van der Waals surface area contributed by atoms with E-state index in [1.807, 2.05) is 4.90 Å². The molecule has 1 aliphatic rings. The second-order valence-electron chi connectivity index (χ2n) is 5.83. The molecule has 0 unspecified atom stereocenters. The maximum Gasteiger partial charge on any atom is 0.419 e. The highest BCUT2D eigenvalue weighted by molar-refractivity contribution is 6.32. The Bertz CT molecular complexity index is 806. The molecule has 1 fully saturated rings. The third kappa shape index (κ3) is 3.82. The highest BCUT2D eigenvalue weighted by atomic mass is 35.5. The summed E-state index contributed by atoms with van der Waals surface area (Å²) in [5.74, 6) is 0.447. The average molecular weight is 388 g/mol. The van der Waals surface area contributed by atoms with Crippen molar-refractivity contribution in [3.05, 3.63) is 57.2 Å². The number of nitro benzene ring substituents is 1. The molecule has 0 atom stereocenters. The van der Waals surface area contributed by atoms with Crippen molar-refractivity contribution in [2.75, 3.05) is 36.0 Å². The van der Waals surface area contributed by atoms with Crippen LogP contribution in [-0.4, -0.2) is 31.1 Å². The van der Waals surface area contributed by atoms with Crippen LogP contribution in [0.1, 0.15) is 5.56 Å². The van der Waals surface area contributed by atoms with Crippen LogP contribution in [0.3, 0.4) is 0 Å². The number of non-ortho nitro benzene ring substituents is 1. The molecule has 26 heavy (non-hydrogen) atoms. The first-order valence-corrected chi connectivity index (χ1v) is 8.16. The Kier molecular flexibility index (Phi) is 4.90. The van der Waals surface area contributed by atoms with E-state index in [0.29, 0.717) is 32.0 Å². The summed E-state index contributed by atoms with van der Waals surface area (Å²) >= 11 is 6.02. The van der Waals surface area contributed by atoms with Gasteiger partial charge in [-0.2, -0.15) is 13.2 Å². The van der Waals surface area contributed by atoms with E-state index in [1.54, 1.807) is 12.1 Å². The fraction of sp³-hybridized carbons (Fsp3) is 0.312. The van der Waals surface area contributed by atoms with Crippen molar-refractivity contribution in [2.24, 2.45) is 0 Å². The number of aromatic nitrogens is 1. The molecule has 138 valence electrons. The van der Waals surface area contributed by atoms with E-state index in [9.17, 15) is 23.3 Å². The predicted octanol–water partition coefficient (Wildman–Crippen LogP) is 3.41. The normalized spacial score (nSPS) is 15.2. The minimum absolute atomic E-state index is 0.0172. The summed E-state index contributed by atoms with van der Waals surface area (Å²) in [6.45, 7) is 2.34. The van der Waals surface area contributed by atoms with Crippen molar-refractivity contribution in [3.63, 3.8) is 0 Å². The molecule has 0 bridgehead atoms. The van der Waals surface area contributed by atoms with Crippen molar-refractivity contribution in [1.82, 2.24) is 0 Å². The molecule has 0 radical (unpaired) electrons. The average Bonchev–Trinajstić information content (AvgIpc) is 2.61. The van der Waals surface area contributed by atoms with E-state index in [2.05, 4.69) is 9.88 Å². The topological polar surface area (TPSA) is 63.8 Å². The van der Waals surface area contributed by atoms with E-state index >= 15 is 0 Å². The van der Waals surface area contributed by atoms with Crippen molar-refractivity contribution in [3.8, 4) is 0 Å². The maximum absolute atomic E-state index is 12.7. The summed E-state index contributed by atoms with van der Waals surface area (Å²) in [7, 11) is 0. The molecule has 0 amide bonds. The van der Waals surface area contributed by atoms with Gasteiger partial charge in [-0.05, 0) is 18.2 Å².